The van der Waals surface area contributed by atoms with E-state index in [2.05, 4.69) is 129 Å². The average molecular weight is 932 g/mol. The van der Waals surface area contributed by atoms with Crippen LogP contribution in [0.25, 0.3) is 0 Å². The number of halogens is 15. The van der Waals surface area contributed by atoms with E-state index >= 15 is 0 Å². The Balaban J connectivity index is 0.000000222. The van der Waals surface area contributed by atoms with Crippen molar-refractivity contribution < 1.29 is 79.8 Å². The van der Waals surface area contributed by atoms with Gasteiger partial charge in [-0.1, -0.05) is 66.4 Å². The van der Waals surface area contributed by atoms with Crippen LogP contribution in [0.5, 0.6) is 17.2 Å². The molecule has 0 aliphatic carbocycles. The van der Waals surface area contributed by atoms with Gasteiger partial charge in [-0.2, -0.15) is 26.3 Å². The number of benzene rings is 7. The van der Waals surface area contributed by atoms with E-state index in [-0.39, 0.29) is 10.9 Å². The summed E-state index contributed by atoms with van der Waals surface area (Å²) >= 11 is 1.80. The largest absolute Gasteiger partial charge is 0.864 e. The van der Waals surface area contributed by atoms with E-state index in [1.54, 1.807) is 11.8 Å². The highest BCUT2D eigenvalue weighted by Crippen LogP contribution is 2.37. The summed E-state index contributed by atoms with van der Waals surface area (Å²) in [5.74, 6) is -50.0. The minimum Gasteiger partial charge on any atom is -0.484 e. The molecule has 0 saturated carbocycles. The van der Waals surface area contributed by atoms with Gasteiger partial charge in [0.25, 0.3) is 0 Å². The van der Waals surface area contributed by atoms with E-state index in [0.29, 0.717) is 0 Å². The molecule has 0 aliphatic heterocycles. The summed E-state index contributed by atoms with van der Waals surface area (Å²) in [5, 5.41) is 0. The molecule has 0 unspecified atom stereocenters. The van der Waals surface area contributed by atoms with E-state index in [1.807, 2.05) is 0 Å². The Hall–Kier alpha value is -6.35. The van der Waals surface area contributed by atoms with Gasteiger partial charge in [0.2, 0.25) is 87.3 Å². The lowest BCUT2D eigenvalue weighted by molar-refractivity contribution is 0.247. The Morgan fingerprint density at radius 1 is 0.286 bits per heavy atom. The van der Waals surface area contributed by atoms with E-state index in [4.69, 9.17) is 0 Å². The zero-order valence-corrected chi connectivity index (χ0v) is 32.4. The first kappa shape index (κ1) is 46.2. The normalized spacial score (nSPS) is 11.0. The molecule has 0 N–H and O–H groups in total. The number of hydrogen-bond donors (Lipinski definition) is 0. The van der Waals surface area contributed by atoms with Crippen molar-refractivity contribution in [1.29, 1.82) is 0 Å². The Morgan fingerprint density at radius 2 is 0.524 bits per heavy atom. The molecular formula is C42H19BF15O3S2+. The van der Waals surface area contributed by atoms with Crippen LogP contribution in [0.1, 0.15) is 0 Å². The molecule has 0 spiro atoms. The summed E-state index contributed by atoms with van der Waals surface area (Å²) in [6.07, 6.45) is 0. The second kappa shape index (κ2) is 19.8. The lowest BCUT2D eigenvalue weighted by Crippen LogP contribution is -2.39. The first-order valence-electron chi connectivity index (χ1n) is 17.2. The van der Waals surface area contributed by atoms with Crippen LogP contribution < -0.4 is 14.0 Å². The molecule has 3 nitrogen and oxygen atoms in total. The maximum Gasteiger partial charge on any atom is 0.864 e. The molecule has 7 aromatic carbocycles. The van der Waals surface area contributed by atoms with Gasteiger partial charge in [-0.05, 0) is 60.7 Å². The van der Waals surface area contributed by atoms with Gasteiger partial charge in [-0.15, -0.1) is 0 Å². The van der Waals surface area contributed by atoms with Gasteiger partial charge in [-0.3, -0.25) is 0 Å². The standard InChI is InChI=1S/C24H19S2.C18BF15O3/c1-4-10-20(11-5-1)25-21-16-18-24(19-17-21)26(22-12-6-2-7-13-22)23-14-8-3-9-15-23;20-1-4(23)10(29)16(11(30)5(1)24)35-19(36-17-12(31)6(25)2(21)7(26)13(17)32)37-18-14(33)8(27)3(22)9(28)15(18)34/h1-19H;/q+1;. The molecule has 0 amide bonds. The third kappa shape index (κ3) is 9.83. The molecule has 63 heavy (non-hydrogen) atoms. The predicted octanol–water partition coefficient (Wildman–Crippen LogP) is 13.2. The molecular weight excluding hydrogens is 912 g/mol. The fraction of sp³-hybridized carbons (Fsp3) is 0. The zero-order chi connectivity index (χ0) is 45.7. The van der Waals surface area contributed by atoms with Crippen LogP contribution in [0.2, 0.25) is 0 Å². The average Bonchev–Trinajstić information content (AvgIpc) is 3.31. The fourth-order valence-corrected chi connectivity index (χ4v) is 8.14. The molecule has 324 valence electrons. The van der Waals surface area contributed by atoms with Crippen LogP contribution in [0.15, 0.2) is 140 Å². The lowest BCUT2D eigenvalue weighted by atomic mass is 10.1. The summed E-state index contributed by atoms with van der Waals surface area (Å²) in [7, 11) is -3.83. The van der Waals surface area contributed by atoms with E-state index in [9.17, 15) is 65.9 Å². The van der Waals surface area contributed by atoms with Crippen molar-refractivity contribution in [2.24, 2.45) is 0 Å². The van der Waals surface area contributed by atoms with Gasteiger partial charge in [0.05, 0.1) is 10.9 Å². The third-order valence-electron chi connectivity index (χ3n) is 8.15. The molecule has 0 heterocycles. The summed E-state index contributed by atoms with van der Waals surface area (Å²) < 4.78 is 216. The Bertz CT molecular complexity index is 2460. The van der Waals surface area contributed by atoms with Crippen molar-refractivity contribution in [2.45, 2.75) is 24.5 Å². The van der Waals surface area contributed by atoms with E-state index in [0.717, 1.165) is 0 Å². The Labute approximate surface area is 353 Å². The molecule has 7 rings (SSSR count). The minimum absolute atomic E-state index is 0.0786. The smallest absolute Gasteiger partial charge is 0.484 e. The van der Waals surface area contributed by atoms with Crippen LogP contribution in [-0.4, -0.2) is 7.32 Å². The molecule has 0 fully saturated rings. The Kier molecular flexibility index (Phi) is 14.5. The summed E-state index contributed by atoms with van der Waals surface area (Å²) in [6, 6.07) is 41.1. The van der Waals surface area contributed by atoms with Gasteiger partial charge in [0, 0.05) is 9.79 Å². The van der Waals surface area contributed by atoms with Crippen molar-refractivity contribution in [3.05, 3.63) is 203 Å². The molecule has 7 aromatic rings. The van der Waals surface area contributed by atoms with Crippen LogP contribution in [-0.2, 0) is 10.9 Å². The Morgan fingerprint density at radius 3 is 0.825 bits per heavy atom. The topological polar surface area (TPSA) is 27.7 Å². The van der Waals surface area contributed by atoms with Crippen molar-refractivity contribution in [2.75, 3.05) is 0 Å². The van der Waals surface area contributed by atoms with Crippen molar-refractivity contribution >= 4 is 30.0 Å². The maximum absolute atomic E-state index is 13.9. The van der Waals surface area contributed by atoms with Crippen LogP contribution in [0.3, 0.4) is 0 Å². The van der Waals surface area contributed by atoms with Crippen LogP contribution in [0.4, 0.5) is 65.9 Å². The molecule has 0 aliphatic rings. The maximum atomic E-state index is 13.9. The highest BCUT2D eigenvalue weighted by molar-refractivity contribution is 7.99. The molecule has 0 bridgehead atoms. The number of rotatable bonds is 11. The summed E-state index contributed by atoms with van der Waals surface area (Å²) in [5.41, 5.74) is 0. The highest BCUT2D eigenvalue weighted by atomic mass is 32.2. The second-order valence-electron chi connectivity index (χ2n) is 12.2. The fourth-order valence-electron chi connectivity index (χ4n) is 5.22. The van der Waals surface area contributed by atoms with Gasteiger partial charge in [0.1, 0.15) is 0 Å². The van der Waals surface area contributed by atoms with Gasteiger partial charge < -0.3 is 14.0 Å². The quantitative estimate of drug-likeness (QED) is 0.0425. The molecule has 21 heteroatoms. The molecule has 0 radical (unpaired) electrons. The second-order valence-corrected chi connectivity index (χ2v) is 15.3. The van der Waals surface area contributed by atoms with E-state index < -0.39 is 112 Å². The number of hydrogen-bond acceptors (Lipinski definition) is 4. The van der Waals surface area contributed by atoms with Crippen molar-refractivity contribution in [3.8, 4) is 17.2 Å². The first-order valence-corrected chi connectivity index (χ1v) is 19.3. The highest BCUT2D eigenvalue weighted by Gasteiger charge is 2.42. The van der Waals surface area contributed by atoms with Gasteiger partial charge >= 0.3 is 7.32 Å². The first-order chi connectivity index (χ1) is 30.0. The predicted molar refractivity (Wildman–Crippen MR) is 198 cm³/mol. The van der Waals surface area contributed by atoms with Crippen molar-refractivity contribution in [1.82, 2.24) is 0 Å². The molecule has 0 saturated heterocycles. The minimum atomic E-state index is -3.75. The summed E-state index contributed by atoms with van der Waals surface area (Å²) in [6.45, 7) is 0. The van der Waals surface area contributed by atoms with Crippen molar-refractivity contribution in [3.63, 3.8) is 0 Å². The van der Waals surface area contributed by atoms with Gasteiger partial charge in [-0.25, -0.2) is 39.5 Å². The third-order valence-corrected chi connectivity index (χ3v) is 11.4. The van der Waals surface area contributed by atoms with Crippen LogP contribution in [0, 0.1) is 87.3 Å². The molecule has 0 aromatic heterocycles. The molecule has 0 atom stereocenters. The monoisotopic (exact) mass is 931 g/mol. The SMILES string of the molecule is Fc1c(F)c(F)c(OB(Oc2c(F)c(F)c(F)c(F)c2F)Oc2c(F)c(F)c(F)c(F)c2F)c(F)c1F.c1ccc(Sc2ccc([S+](c3ccccc3)c3ccccc3)cc2)cc1. The van der Waals surface area contributed by atoms with Gasteiger partial charge in [0.15, 0.2) is 31.9 Å². The lowest BCUT2D eigenvalue weighted by Gasteiger charge is -2.19. The summed E-state index contributed by atoms with van der Waals surface area (Å²) in [4.78, 5) is 6.58. The van der Waals surface area contributed by atoms with E-state index in [1.165, 1.54) is 24.5 Å². The zero-order valence-electron chi connectivity index (χ0n) is 30.8. The van der Waals surface area contributed by atoms with Crippen LogP contribution >= 0.6 is 11.8 Å².